The van der Waals surface area contributed by atoms with Crippen molar-refractivity contribution in [2.24, 2.45) is 0 Å². The van der Waals surface area contributed by atoms with Crippen LogP contribution in [-0.2, 0) is 11.3 Å². The highest BCUT2D eigenvalue weighted by Crippen LogP contribution is 2.29. The molecule has 0 N–H and O–H groups in total. The van der Waals surface area contributed by atoms with Crippen molar-refractivity contribution in [3.8, 4) is 11.5 Å². The van der Waals surface area contributed by atoms with E-state index >= 15 is 0 Å². The van der Waals surface area contributed by atoms with Crippen molar-refractivity contribution in [3.05, 3.63) is 52.7 Å². The summed E-state index contributed by atoms with van der Waals surface area (Å²) < 4.78 is 5.32. The van der Waals surface area contributed by atoms with Crippen LogP contribution in [0, 0.1) is 0 Å². The Morgan fingerprint density at radius 2 is 2.17 bits per heavy atom. The number of pyridine rings is 1. The van der Waals surface area contributed by atoms with Gasteiger partial charge >= 0.3 is 0 Å². The Labute approximate surface area is 136 Å². The molecular weight excluding hydrogens is 312 g/mol. The molecule has 4 heterocycles. The zero-order valence-corrected chi connectivity index (χ0v) is 13.1. The maximum Gasteiger partial charge on any atom is 0.258 e. The van der Waals surface area contributed by atoms with Gasteiger partial charge in [0.15, 0.2) is 5.82 Å². The van der Waals surface area contributed by atoms with Gasteiger partial charge in [0.05, 0.1) is 6.54 Å². The van der Waals surface area contributed by atoms with E-state index in [4.69, 9.17) is 4.52 Å². The second-order valence-corrected chi connectivity index (χ2v) is 6.48. The molecule has 0 radical (unpaired) electrons. The number of carbonyl (C=O) groups is 1. The largest absolute Gasteiger partial charge is 0.337 e. The summed E-state index contributed by atoms with van der Waals surface area (Å²) in [6.07, 6.45) is 3.79. The molecule has 0 saturated carbocycles. The lowest BCUT2D eigenvalue weighted by Gasteiger charge is -2.14. The number of carbonyl (C=O) groups excluding carboxylic acids is 1. The molecule has 4 rings (SSSR count). The van der Waals surface area contributed by atoms with E-state index in [9.17, 15) is 4.79 Å². The number of amides is 1. The van der Waals surface area contributed by atoms with E-state index in [1.807, 2.05) is 34.5 Å². The Morgan fingerprint density at radius 3 is 2.96 bits per heavy atom. The Balaban J connectivity index is 1.49. The van der Waals surface area contributed by atoms with E-state index in [1.165, 1.54) is 4.88 Å². The van der Waals surface area contributed by atoms with Crippen LogP contribution in [0.3, 0.4) is 0 Å². The van der Waals surface area contributed by atoms with Crippen molar-refractivity contribution >= 4 is 17.2 Å². The molecule has 1 aliphatic heterocycles. The van der Waals surface area contributed by atoms with Gasteiger partial charge in [-0.3, -0.25) is 9.78 Å². The first-order valence-corrected chi connectivity index (χ1v) is 8.22. The number of rotatable bonds is 4. The van der Waals surface area contributed by atoms with Gasteiger partial charge in [-0.15, -0.1) is 11.3 Å². The highest BCUT2D eigenvalue weighted by molar-refractivity contribution is 7.09. The van der Waals surface area contributed by atoms with E-state index in [2.05, 4.69) is 15.1 Å². The fourth-order valence-electron chi connectivity index (χ4n) is 2.70. The van der Waals surface area contributed by atoms with Crippen molar-refractivity contribution in [2.75, 3.05) is 6.54 Å². The number of nitrogens with zero attached hydrogens (tertiary/aromatic N) is 4. The zero-order chi connectivity index (χ0) is 15.6. The SMILES string of the molecule is O=C1C[C@@H](c2noc(-c3ccncc3)n2)CN1Cc1cccs1. The molecule has 3 aromatic heterocycles. The molecule has 1 aliphatic rings. The first kappa shape index (κ1) is 14.1. The van der Waals surface area contributed by atoms with E-state index in [0.29, 0.717) is 31.2 Å². The molecule has 0 bridgehead atoms. The quantitative estimate of drug-likeness (QED) is 0.737. The molecule has 0 aromatic carbocycles. The van der Waals surface area contributed by atoms with Crippen molar-refractivity contribution in [2.45, 2.75) is 18.9 Å². The summed E-state index contributed by atoms with van der Waals surface area (Å²) in [5.74, 6) is 1.19. The zero-order valence-electron chi connectivity index (χ0n) is 12.3. The average Bonchev–Trinajstić information content (AvgIpc) is 3.31. The van der Waals surface area contributed by atoms with Gasteiger partial charge in [-0.05, 0) is 23.6 Å². The molecule has 1 atom stereocenters. The maximum atomic E-state index is 12.2. The molecule has 3 aromatic rings. The number of hydrogen-bond acceptors (Lipinski definition) is 6. The number of aromatic nitrogens is 3. The Bertz CT molecular complexity index is 801. The van der Waals surface area contributed by atoms with Crippen molar-refractivity contribution in [1.82, 2.24) is 20.0 Å². The van der Waals surface area contributed by atoms with Crippen LogP contribution < -0.4 is 0 Å². The monoisotopic (exact) mass is 326 g/mol. The molecule has 116 valence electrons. The van der Waals surface area contributed by atoms with Gasteiger partial charge in [-0.25, -0.2) is 0 Å². The van der Waals surface area contributed by atoms with E-state index in [1.54, 1.807) is 23.7 Å². The molecule has 0 unspecified atom stereocenters. The summed E-state index contributed by atoms with van der Waals surface area (Å²) in [6.45, 7) is 1.29. The number of hydrogen-bond donors (Lipinski definition) is 0. The van der Waals surface area contributed by atoms with Crippen molar-refractivity contribution in [3.63, 3.8) is 0 Å². The summed E-state index contributed by atoms with van der Waals surface area (Å²) in [6, 6.07) is 7.68. The van der Waals surface area contributed by atoms with Crippen LogP contribution in [0.1, 0.15) is 23.0 Å². The number of likely N-dealkylation sites (tertiary alicyclic amines) is 1. The molecule has 23 heavy (non-hydrogen) atoms. The molecule has 1 amide bonds. The van der Waals surface area contributed by atoms with Gasteiger partial charge in [-0.1, -0.05) is 11.2 Å². The van der Waals surface area contributed by atoms with E-state index in [0.717, 1.165) is 5.56 Å². The fraction of sp³-hybridized carbons (Fsp3) is 0.250. The standard InChI is InChI=1S/C16H14N4O2S/c21-14-8-12(9-20(14)10-13-2-1-7-23-13)15-18-16(22-19-15)11-3-5-17-6-4-11/h1-7,12H,8-10H2/t12-/m1/s1. The highest BCUT2D eigenvalue weighted by atomic mass is 32.1. The predicted molar refractivity (Wildman–Crippen MR) is 84.6 cm³/mol. The lowest BCUT2D eigenvalue weighted by atomic mass is 10.1. The normalized spacial score (nSPS) is 17.8. The van der Waals surface area contributed by atoms with Gasteiger partial charge in [0.2, 0.25) is 5.91 Å². The van der Waals surface area contributed by atoms with Crippen LogP contribution in [0.5, 0.6) is 0 Å². The van der Waals surface area contributed by atoms with Crippen LogP contribution in [0.15, 0.2) is 46.6 Å². The van der Waals surface area contributed by atoms with Gasteiger partial charge in [0.25, 0.3) is 5.89 Å². The Morgan fingerprint density at radius 1 is 1.30 bits per heavy atom. The molecule has 1 saturated heterocycles. The van der Waals surface area contributed by atoms with Gasteiger partial charge in [-0.2, -0.15) is 4.98 Å². The van der Waals surface area contributed by atoms with Gasteiger partial charge in [0, 0.05) is 41.7 Å². The molecule has 7 heteroatoms. The maximum absolute atomic E-state index is 12.2. The van der Waals surface area contributed by atoms with Gasteiger partial charge in [0.1, 0.15) is 0 Å². The first-order chi connectivity index (χ1) is 11.3. The van der Waals surface area contributed by atoms with E-state index < -0.39 is 0 Å². The molecule has 0 aliphatic carbocycles. The predicted octanol–water partition coefficient (Wildman–Crippen LogP) is 2.71. The van der Waals surface area contributed by atoms with Crippen LogP contribution in [0.25, 0.3) is 11.5 Å². The summed E-state index contributed by atoms with van der Waals surface area (Å²) in [5.41, 5.74) is 0.832. The third-order valence-corrected chi connectivity index (χ3v) is 4.74. The van der Waals surface area contributed by atoms with Crippen LogP contribution in [0.4, 0.5) is 0 Å². The molecule has 6 nitrogen and oxygen atoms in total. The average molecular weight is 326 g/mol. The van der Waals surface area contributed by atoms with Gasteiger partial charge < -0.3 is 9.42 Å². The van der Waals surface area contributed by atoms with Crippen LogP contribution in [-0.4, -0.2) is 32.5 Å². The minimum Gasteiger partial charge on any atom is -0.337 e. The first-order valence-electron chi connectivity index (χ1n) is 7.34. The van der Waals surface area contributed by atoms with E-state index in [-0.39, 0.29) is 11.8 Å². The lowest BCUT2D eigenvalue weighted by Crippen LogP contribution is -2.23. The van der Waals surface area contributed by atoms with Crippen LogP contribution >= 0.6 is 11.3 Å². The third-order valence-electron chi connectivity index (χ3n) is 3.88. The molecular formula is C16H14N4O2S. The second kappa shape index (κ2) is 5.92. The summed E-state index contributed by atoms with van der Waals surface area (Å²) in [7, 11) is 0. The summed E-state index contributed by atoms with van der Waals surface area (Å²) >= 11 is 1.66. The Hall–Kier alpha value is -2.54. The third kappa shape index (κ3) is 2.87. The Kier molecular flexibility index (Phi) is 3.63. The topological polar surface area (TPSA) is 72.1 Å². The smallest absolute Gasteiger partial charge is 0.258 e. The second-order valence-electron chi connectivity index (χ2n) is 5.45. The minimum atomic E-state index is -0.0122. The molecule has 1 fully saturated rings. The summed E-state index contributed by atoms with van der Waals surface area (Å²) in [5, 5.41) is 6.08. The fourth-order valence-corrected chi connectivity index (χ4v) is 3.42. The van der Waals surface area contributed by atoms with Crippen molar-refractivity contribution in [1.29, 1.82) is 0 Å². The number of thiophene rings is 1. The summed E-state index contributed by atoms with van der Waals surface area (Å²) in [4.78, 5) is 23.7. The molecule has 0 spiro atoms. The van der Waals surface area contributed by atoms with Crippen molar-refractivity contribution < 1.29 is 9.32 Å². The van der Waals surface area contributed by atoms with Crippen LogP contribution in [0.2, 0.25) is 0 Å². The highest BCUT2D eigenvalue weighted by Gasteiger charge is 2.33. The minimum absolute atomic E-state index is 0.0122. The lowest BCUT2D eigenvalue weighted by molar-refractivity contribution is -0.128.